The van der Waals surface area contributed by atoms with Crippen LogP contribution in [-0.4, -0.2) is 30.1 Å². The Bertz CT molecular complexity index is 876. The molecule has 0 fully saturated rings. The summed E-state index contributed by atoms with van der Waals surface area (Å²) >= 11 is 6.16. The molecule has 0 bridgehead atoms. The molecule has 0 radical (unpaired) electrons. The van der Waals surface area contributed by atoms with Crippen LogP contribution in [0.2, 0.25) is 5.02 Å². The van der Waals surface area contributed by atoms with Crippen molar-refractivity contribution >= 4 is 17.2 Å². The number of pyridine rings is 1. The fourth-order valence-corrected chi connectivity index (χ4v) is 2.98. The first kappa shape index (κ1) is 16.6. The summed E-state index contributed by atoms with van der Waals surface area (Å²) in [5.41, 5.74) is 9.60. The highest BCUT2D eigenvalue weighted by atomic mass is 35.5. The van der Waals surface area contributed by atoms with Gasteiger partial charge in [-0.25, -0.2) is 4.98 Å². The summed E-state index contributed by atoms with van der Waals surface area (Å²) in [6.45, 7) is 2.59. The molecule has 0 amide bonds. The summed E-state index contributed by atoms with van der Waals surface area (Å²) < 4.78 is 12.7. The first-order valence-electron chi connectivity index (χ1n) is 7.69. The van der Waals surface area contributed by atoms with Crippen LogP contribution in [0.25, 0.3) is 16.9 Å². The molecule has 3 aromatic rings. The molecular weight excluding hydrogens is 326 g/mol. The topological polar surface area (TPSA) is 61.8 Å². The zero-order valence-corrected chi connectivity index (χ0v) is 14.7. The highest BCUT2D eigenvalue weighted by molar-refractivity contribution is 6.30. The summed E-state index contributed by atoms with van der Waals surface area (Å²) in [4.78, 5) is 4.78. The lowest BCUT2D eigenvalue weighted by molar-refractivity contribution is 0.355. The van der Waals surface area contributed by atoms with Crippen molar-refractivity contribution in [1.82, 2.24) is 9.38 Å². The van der Waals surface area contributed by atoms with E-state index in [9.17, 15) is 0 Å². The van der Waals surface area contributed by atoms with Gasteiger partial charge in [0.2, 0.25) is 0 Å². The van der Waals surface area contributed by atoms with E-state index < -0.39 is 0 Å². The number of aromatic nitrogens is 2. The number of fused-ring (bicyclic) bond motifs is 1. The second-order valence-corrected chi connectivity index (χ2v) is 6.06. The van der Waals surface area contributed by atoms with Crippen molar-refractivity contribution in [2.24, 2.45) is 5.73 Å². The van der Waals surface area contributed by atoms with Gasteiger partial charge in [0.05, 0.1) is 30.6 Å². The Morgan fingerprint density at radius 3 is 2.58 bits per heavy atom. The van der Waals surface area contributed by atoms with Crippen molar-refractivity contribution in [2.75, 3.05) is 20.8 Å². The van der Waals surface area contributed by atoms with Crippen LogP contribution in [0, 0.1) is 0 Å². The molecule has 2 heterocycles. The molecule has 24 heavy (non-hydrogen) atoms. The van der Waals surface area contributed by atoms with Gasteiger partial charge in [-0.2, -0.15) is 0 Å². The van der Waals surface area contributed by atoms with Crippen molar-refractivity contribution in [1.29, 1.82) is 0 Å². The average molecular weight is 346 g/mol. The molecule has 2 N–H and O–H groups in total. The zero-order chi connectivity index (χ0) is 17.3. The molecule has 1 unspecified atom stereocenters. The first-order chi connectivity index (χ1) is 11.6. The second kappa shape index (κ2) is 6.71. The van der Waals surface area contributed by atoms with Gasteiger partial charge in [-0.15, -0.1) is 0 Å². The van der Waals surface area contributed by atoms with E-state index in [1.54, 1.807) is 14.2 Å². The molecule has 0 aliphatic heterocycles. The van der Waals surface area contributed by atoms with Gasteiger partial charge < -0.3 is 19.6 Å². The minimum Gasteiger partial charge on any atom is -0.493 e. The summed E-state index contributed by atoms with van der Waals surface area (Å²) in [5.74, 6) is 1.47. The first-order valence-corrected chi connectivity index (χ1v) is 8.06. The molecular formula is C18H20ClN3O2. The SMILES string of the molecule is COc1ccc(-c2nc3ccc(Cl)cn3c2C(C)CN)cc1OC. The Morgan fingerprint density at radius 2 is 1.92 bits per heavy atom. The van der Waals surface area contributed by atoms with Gasteiger partial charge in [-0.3, -0.25) is 0 Å². The van der Waals surface area contributed by atoms with E-state index in [1.807, 2.05) is 40.9 Å². The Labute approximate surface area is 146 Å². The van der Waals surface area contributed by atoms with Crippen LogP contribution >= 0.6 is 11.6 Å². The predicted octanol–water partition coefficient (Wildman–Crippen LogP) is 3.73. The molecule has 126 valence electrons. The Morgan fingerprint density at radius 1 is 1.17 bits per heavy atom. The van der Waals surface area contributed by atoms with E-state index in [2.05, 4.69) is 6.92 Å². The zero-order valence-electron chi connectivity index (χ0n) is 13.9. The maximum Gasteiger partial charge on any atom is 0.161 e. The molecule has 5 nitrogen and oxygen atoms in total. The van der Waals surface area contributed by atoms with Gasteiger partial charge in [0, 0.05) is 24.2 Å². The van der Waals surface area contributed by atoms with Crippen LogP contribution in [0.15, 0.2) is 36.5 Å². The highest BCUT2D eigenvalue weighted by Crippen LogP contribution is 2.36. The fourth-order valence-electron chi connectivity index (χ4n) is 2.82. The maximum atomic E-state index is 6.16. The van der Waals surface area contributed by atoms with Gasteiger partial charge in [-0.1, -0.05) is 18.5 Å². The lowest BCUT2D eigenvalue weighted by Crippen LogP contribution is -2.12. The Balaban J connectivity index is 2.25. The van der Waals surface area contributed by atoms with E-state index in [0.717, 1.165) is 22.6 Å². The van der Waals surface area contributed by atoms with Crippen molar-refractivity contribution in [3.8, 4) is 22.8 Å². The third-order valence-electron chi connectivity index (χ3n) is 4.10. The van der Waals surface area contributed by atoms with Gasteiger partial charge in [0.15, 0.2) is 11.5 Å². The number of methoxy groups -OCH3 is 2. The van der Waals surface area contributed by atoms with Crippen molar-refractivity contribution < 1.29 is 9.47 Å². The average Bonchev–Trinajstić information content (AvgIpc) is 2.98. The van der Waals surface area contributed by atoms with Crippen LogP contribution in [0.4, 0.5) is 0 Å². The maximum absolute atomic E-state index is 6.16. The van der Waals surface area contributed by atoms with Crippen LogP contribution in [-0.2, 0) is 0 Å². The molecule has 0 aliphatic carbocycles. The van der Waals surface area contributed by atoms with Crippen LogP contribution < -0.4 is 15.2 Å². The quantitative estimate of drug-likeness (QED) is 0.765. The number of nitrogens with zero attached hydrogens (tertiary/aromatic N) is 2. The number of halogens is 1. The standard InChI is InChI=1S/C18H20ClN3O2/c1-11(9-20)18-17(21-16-7-5-13(19)10-22(16)18)12-4-6-14(23-2)15(8-12)24-3/h4-8,10-11H,9,20H2,1-3H3. The molecule has 0 saturated carbocycles. The van der Waals surface area contributed by atoms with Gasteiger partial charge in [-0.05, 0) is 30.3 Å². The van der Waals surface area contributed by atoms with Crippen LogP contribution in [0.3, 0.4) is 0 Å². The predicted molar refractivity (Wildman–Crippen MR) is 96.2 cm³/mol. The van der Waals surface area contributed by atoms with Gasteiger partial charge in [0.1, 0.15) is 5.65 Å². The second-order valence-electron chi connectivity index (χ2n) is 5.63. The molecule has 1 aromatic carbocycles. The van der Waals surface area contributed by atoms with Crippen LogP contribution in [0.5, 0.6) is 11.5 Å². The van der Waals surface area contributed by atoms with Crippen molar-refractivity contribution in [3.63, 3.8) is 0 Å². The van der Waals surface area contributed by atoms with Crippen molar-refractivity contribution in [2.45, 2.75) is 12.8 Å². The number of hydrogen-bond acceptors (Lipinski definition) is 4. The number of rotatable bonds is 5. The lowest BCUT2D eigenvalue weighted by Gasteiger charge is -2.13. The third-order valence-corrected chi connectivity index (χ3v) is 4.32. The molecule has 3 rings (SSSR count). The van der Waals surface area contributed by atoms with E-state index in [1.165, 1.54) is 0 Å². The molecule has 2 aromatic heterocycles. The van der Waals surface area contributed by atoms with Crippen LogP contribution in [0.1, 0.15) is 18.5 Å². The Hall–Kier alpha value is -2.24. The van der Waals surface area contributed by atoms with E-state index in [0.29, 0.717) is 23.1 Å². The number of ether oxygens (including phenoxy) is 2. The van der Waals surface area contributed by atoms with E-state index >= 15 is 0 Å². The molecule has 6 heteroatoms. The number of imidazole rings is 1. The summed E-state index contributed by atoms with van der Waals surface area (Å²) in [5, 5.41) is 0.657. The Kier molecular flexibility index (Phi) is 4.64. The molecule has 1 atom stereocenters. The summed E-state index contributed by atoms with van der Waals surface area (Å²) in [6, 6.07) is 9.51. The van der Waals surface area contributed by atoms with Gasteiger partial charge >= 0.3 is 0 Å². The lowest BCUT2D eigenvalue weighted by atomic mass is 10.0. The van der Waals surface area contributed by atoms with Gasteiger partial charge in [0.25, 0.3) is 0 Å². The minimum absolute atomic E-state index is 0.126. The van der Waals surface area contributed by atoms with Crippen molar-refractivity contribution in [3.05, 3.63) is 47.2 Å². The third kappa shape index (κ3) is 2.81. The summed E-state index contributed by atoms with van der Waals surface area (Å²) in [6.07, 6.45) is 1.87. The molecule has 0 spiro atoms. The number of benzene rings is 1. The highest BCUT2D eigenvalue weighted by Gasteiger charge is 2.20. The number of nitrogens with two attached hydrogens (primary N) is 1. The minimum atomic E-state index is 0.126. The van der Waals surface area contributed by atoms with E-state index in [-0.39, 0.29) is 5.92 Å². The van der Waals surface area contributed by atoms with E-state index in [4.69, 9.17) is 31.8 Å². The largest absolute Gasteiger partial charge is 0.493 e. The normalized spacial score (nSPS) is 12.4. The monoisotopic (exact) mass is 345 g/mol. The smallest absolute Gasteiger partial charge is 0.161 e. The number of hydrogen-bond donors (Lipinski definition) is 1. The molecule has 0 aliphatic rings. The summed E-state index contributed by atoms with van der Waals surface area (Å²) in [7, 11) is 3.24. The molecule has 0 saturated heterocycles. The fraction of sp³-hybridized carbons (Fsp3) is 0.278.